The van der Waals surface area contributed by atoms with E-state index in [1.165, 1.54) is 0 Å². The Hall–Kier alpha value is -1.42. The summed E-state index contributed by atoms with van der Waals surface area (Å²) in [5.41, 5.74) is 1.41. The van der Waals surface area contributed by atoms with Crippen LogP contribution in [0, 0.1) is 6.92 Å². The van der Waals surface area contributed by atoms with Crippen molar-refractivity contribution in [3.63, 3.8) is 0 Å². The number of hydrogen-bond acceptors (Lipinski definition) is 3. The molecule has 0 fully saturated rings. The first-order valence-electron chi connectivity index (χ1n) is 5.54. The Bertz CT molecular complexity index is 350. The van der Waals surface area contributed by atoms with Crippen molar-refractivity contribution in [3.8, 4) is 0 Å². The molecule has 0 aliphatic heterocycles. The van der Waals surface area contributed by atoms with Crippen molar-refractivity contribution in [2.24, 2.45) is 0 Å². The van der Waals surface area contributed by atoms with Crippen LogP contribution in [-0.4, -0.2) is 30.0 Å². The van der Waals surface area contributed by atoms with Crippen molar-refractivity contribution in [1.29, 1.82) is 0 Å². The summed E-state index contributed by atoms with van der Waals surface area (Å²) in [6.07, 6.45) is 1.69. The lowest BCUT2D eigenvalue weighted by molar-refractivity contribution is 0.0952. The first-order valence-corrected chi connectivity index (χ1v) is 5.54. The molecule has 0 bridgehead atoms. The molecule has 0 unspecified atom stereocenters. The van der Waals surface area contributed by atoms with Gasteiger partial charge in [-0.05, 0) is 19.1 Å². The smallest absolute Gasteiger partial charge is 0.253 e. The number of aromatic nitrogens is 1. The van der Waals surface area contributed by atoms with Crippen LogP contribution >= 0.6 is 0 Å². The fourth-order valence-electron chi connectivity index (χ4n) is 1.36. The maximum Gasteiger partial charge on any atom is 0.253 e. The average molecular weight is 221 g/mol. The van der Waals surface area contributed by atoms with Gasteiger partial charge in [-0.25, -0.2) is 0 Å². The minimum atomic E-state index is -0.0591. The molecule has 0 aliphatic rings. The number of amides is 1. The number of aryl methyl sites for hydroxylation is 1. The second kappa shape index (κ2) is 6.23. The standard InChI is InChI=1S/C12H19N3O/c1-9(2)13-7-8-15-12(16)11-5-4-6-14-10(11)3/h4-6,9,13H,7-8H2,1-3H3,(H,15,16). The van der Waals surface area contributed by atoms with E-state index in [1.807, 2.05) is 6.92 Å². The SMILES string of the molecule is Cc1ncccc1C(=O)NCCNC(C)C. The molecular formula is C12H19N3O. The Kier molecular flexibility index (Phi) is 4.92. The van der Waals surface area contributed by atoms with Crippen LogP contribution in [0.25, 0.3) is 0 Å². The van der Waals surface area contributed by atoms with Gasteiger partial charge in [0, 0.05) is 31.0 Å². The number of hydrogen-bond donors (Lipinski definition) is 2. The van der Waals surface area contributed by atoms with E-state index < -0.39 is 0 Å². The molecule has 0 radical (unpaired) electrons. The third-order valence-corrected chi connectivity index (χ3v) is 2.21. The predicted octanol–water partition coefficient (Wildman–Crippen LogP) is 1.12. The summed E-state index contributed by atoms with van der Waals surface area (Å²) in [4.78, 5) is 15.8. The third kappa shape index (κ3) is 3.98. The van der Waals surface area contributed by atoms with Crippen LogP contribution in [-0.2, 0) is 0 Å². The minimum absolute atomic E-state index is 0.0591. The van der Waals surface area contributed by atoms with Crippen molar-refractivity contribution in [2.45, 2.75) is 26.8 Å². The van der Waals surface area contributed by atoms with Gasteiger partial charge in [-0.3, -0.25) is 9.78 Å². The van der Waals surface area contributed by atoms with Gasteiger partial charge in [0.2, 0.25) is 0 Å². The highest BCUT2D eigenvalue weighted by Crippen LogP contribution is 2.02. The van der Waals surface area contributed by atoms with Crippen molar-refractivity contribution >= 4 is 5.91 Å². The van der Waals surface area contributed by atoms with Crippen LogP contribution in [0.2, 0.25) is 0 Å². The molecular weight excluding hydrogens is 202 g/mol. The molecule has 2 N–H and O–H groups in total. The van der Waals surface area contributed by atoms with Gasteiger partial charge in [-0.15, -0.1) is 0 Å². The van der Waals surface area contributed by atoms with E-state index in [2.05, 4.69) is 29.5 Å². The number of rotatable bonds is 5. The molecule has 0 saturated carbocycles. The largest absolute Gasteiger partial charge is 0.351 e. The van der Waals surface area contributed by atoms with E-state index >= 15 is 0 Å². The molecule has 1 rings (SSSR count). The van der Waals surface area contributed by atoms with Crippen molar-refractivity contribution in [3.05, 3.63) is 29.6 Å². The van der Waals surface area contributed by atoms with E-state index in [0.29, 0.717) is 18.2 Å². The average Bonchev–Trinajstić information content (AvgIpc) is 2.24. The minimum Gasteiger partial charge on any atom is -0.351 e. The van der Waals surface area contributed by atoms with Crippen LogP contribution in [0.5, 0.6) is 0 Å². The Morgan fingerprint density at radius 1 is 1.44 bits per heavy atom. The topological polar surface area (TPSA) is 54.0 Å². The first kappa shape index (κ1) is 12.6. The van der Waals surface area contributed by atoms with E-state index in [1.54, 1.807) is 18.3 Å². The van der Waals surface area contributed by atoms with Gasteiger partial charge in [0.25, 0.3) is 5.91 Å². The highest BCUT2D eigenvalue weighted by molar-refractivity contribution is 5.95. The zero-order chi connectivity index (χ0) is 12.0. The monoisotopic (exact) mass is 221 g/mol. The number of carbonyl (C=O) groups is 1. The maximum absolute atomic E-state index is 11.7. The summed E-state index contributed by atoms with van der Waals surface area (Å²) in [6, 6.07) is 4.00. The first-order chi connectivity index (χ1) is 7.61. The molecule has 1 aromatic rings. The Balaban J connectivity index is 2.39. The van der Waals surface area contributed by atoms with Gasteiger partial charge < -0.3 is 10.6 Å². The molecule has 0 atom stereocenters. The lowest BCUT2D eigenvalue weighted by Crippen LogP contribution is -2.34. The van der Waals surface area contributed by atoms with Gasteiger partial charge in [-0.1, -0.05) is 13.8 Å². The van der Waals surface area contributed by atoms with Crippen LogP contribution in [0.3, 0.4) is 0 Å². The molecule has 88 valence electrons. The molecule has 1 heterocycles. The molecule has 0 aliphatic carbocycles. The third-order valence-electron chi connectivity index (χ3n) is 2.21. The normalized spacial score (nSPS) is 10.5. The van der Waals surface area contributed by atoms with Gasteiger partial charge in [0.1, 0.15) is 0 Å². The van der Waals surface area contributed by atoms with Crippen LogP contribution < -0.4 is 10.6 Å². The number of carbonyl (C=O) groups excluding carboxylic acids is 1. The van der Waals surface area contributed by atoms with Crippen molar-refractivity contribution in [1.82, 2.24) is 15.6 Å². The molecule has 0 spiro atoms. The summed E-state index contributed by atoms with van der Waals surface area (Å²) >= 11 is 0. The van der Waals surface area contributed by atoms with E-state index in [-0.39, 0.29) is 5.91 Å². The molecule has 16 heavy (non-hydrogen) atoms. The maximum atomic E-state index is 11.7. The second-order valence-electron chi connectivity index (χ2n) is 4.00. The molecule has 0 aromatic carbocycles. The molecule has 4 heteroatoms. The summed E-state index contributed by atoms with van der Waals surface area (Å²) in [5, 5.41) is 6.09. The summed E-state index contributed by atoms with van der Waals surface area (Å²) in [6.45, 7) is 7.40. The number of nitrogens with one attached hydrogen (secondary N) is 2. The highest BCUT2D eigenvalue weighted by Gasteiger charge is 2.07. The Morgan fingerprint density at radius 2 is 2.19 bits per heavy atom. The second-order valence-corrected chi connectivity index (χ2v) is 4.00. The van der Waals surface area contributed by atoms with Gasteiger partial charge in [0.15, 0.2) is 0 Å². The fraction of sp³-hybridized carbons (Fsp3) is 0.500. The van der Waals surface area contributed by atoms with Crippen molar-refractivity contribution in [2.75, 3.05) is 13.1 Å². The van der Waals surface area contributed by atoms with Crippen LogP contribution in [0.15, 0.2) is 18.3 Å². The van der Waals surface area contributed by atoms with Crippen LogP contribution in [0.1, 0.15) is 29.9 Å². The number of nitrogens with zero attached hydrogens (tertiary/aromatic N) is 1. The predicted molar refractivity (Wildman–Crippen MR) is 64.4 cm³/mol. The lowest BCUT2D eigenvalue weighted by Gasteiger charge is -2.09. The zero-order valence-corrected chi connectivity index (χ0v) is 10.1. The van der Waals surface area contributed by atoms with E-state index in [4.69, 9.17) is 0 Å². The zero-order valence-electron chi connectivity index (χ0n) is 10.1. The molecule has 1 aromatic heterocycles. The summed E-state index contributed by atoms with van der Waals surface area (Å²) in [7, 11) is 0. The van der Waals surface area contributed by atoms with Gasteiger partial charge >= 0.3 is 0 Å². The van der Waals surface area contributed by atoms with E-state index in [9.17, 15) is 4.79 Å². The highest BCUT2D eigenvalue weighted by atomic mass is 16.1. The lowest BCUT2D eigenvalue weighted by atomic mass is 10.2. The Morgan fingerprint density at radius 3 is 2.81 bits per heavy atom. The fourth-order valence-corrected chi connectivity index (χ4v) is 1.36. The van der Waals surface area contributed by atoms with Gasteiger partial charge in [-0.2, -0.15) is 0 Å². The van der Waals surface area contributed by atoms with E-state index in [0.717, 1.165) is 12.2 Å². The Labute approximate surface area is 96.5 Å². The quantitative estimate of drug-likeness (QED) is 0.733. The van der Waals surface area contributed by atoms with Crippen LogP contribution in [0.4, 0.5) is 0 Å². The summed E-state index contributed by atoms with van der Waals surface area (Å²) < 4.78 is 0. The molecule has 1 amide bonds. The van der Waals surface area contributed by atoms with Gasteiger partial charge in [0.05, 0.1) is 5.56 Å². The molecule has 0 saturated heterocycles. The molecule has 4 nitrogen and oxygen atoms in total. The van der Waals surface area contributed by atoms with Crippen molar-refractivity contribution < 1.29 is 4.79 Å². The number of pyridine rings is 1. The summed E-state index contributed by atoms with van der Waals surface area (Å²) in [5.74, 6) is -0.0591.